The second kappa shape index (κ2) is 3.24. The number of nitrogens with zero attached hydrogens (tertiary/aromatic N) is 1. The zero-order valence-electron chi connectivity index (χ0n) is 7.62. The van der Waals surface area contributed by atoms with Crippen LogP contribution < -0.4 is 0 Å². The van der Waals surface area contributed by atoms with Gasteiger partial charge in [-0.3, -0.25) is 4.99 Å². The van der Waals surface area contributed by atoms with Crippen molar-refractivity contribution in [2.24, 2.45) is 4.99 Å². The Balaban J connectivity index is 3.15. The van der Waals surface area contributed by atoms with Gasteiger partial charge in [0.1, 0.15) is 4.90 Å². The number of hydrogen-bond donors (Lipinski definition) is 0. The highest BCUT2D eigenvalue weighted by atomic mass is 32.5. The summed E-state index contributed by atoms with van der Waals surface area (Å²) in [6, 6.07) is 2.31. The van der Waals surface area contributed by atoms with Crippen LogP contribution in [0.5, 0.6) is 0 Å². The van der Waals surface area contributed by atoms with Crippen molar-refractivity contribution in [1.82, 2.24) is 0 Å². The van der Waals surface area contributed by atoms with Crippen molar-refractivity contribution in [3.63, 3.8) is 0 Å². The van der Waals surface area contributed by atoms with E-state index in [4.69, 9.17) is 0 Å². The highest BCUT2D eigenvalue weighted by Crippen LogP contribution is 3.02. The van der Waals surface area contributed by atoms with Crippen molar-refractivity contribution in [3.05, 3.63) is 24.3 Å². The van der Waals surface area contributed by atoms with Crippen LogP contribution in [0, 0.1) is 0 Å². The van der Waals surface area contributed by atoms with Gasteiger partial charge in [-0.15, -0.1) is 0 Å². The summed E-state index contributed by atoms with van der Waals surface area (Å²) in [6.45, 7) is 0. The Morgan fingerprint density at radius 1 is 1.00 bits per heavy atom. The molecule has 0 radical (unpaired) electrons. The molecule has 0 aliphatic heterocycles. The smallest absolute Gasteiger partial charge is 0.256 e. The van der Waals surface area contributed by atoms with Crippen molar-refractivity contribution >= 4 is 39.7 Å². The molecular weight excluding hydrogens is 269 g/mol. The summed E-state index contributed by atoms with van der Waals surface area (Å²) in [6.07, 6.45) is 1.17. The fourth-order valence-electron chi connectivity index (χ4n) is 0.906. The third-order valence-corrected chi connectivity index (χ3v) is 2.85. The van der Waals surface area contributed by atoms with E-state index in [0.29, 0.717) is 12.1 Å². The molecule has 0 aliphatic rings. The molecule has 16 heavy (non-hydrogen) atoms. The van der Waals surface area contributed by atoms with Gasteiger partial charge >= 0.3 is 10.2 Å². The predicted octanol–water partition coefficient (Wildman–Crippen LogP) is 5.05. The Kier molecular flexibility index (Phi) is 2.64. The summed E-state index contributed by atoms with van der Waals surface area (Å²) in [7, 11) is -9.57. The zero-order chi connectivity index (χ0) is 12.5. The molecule has 0 N–H and O–H groups in total. The van der Waals surface area contributed by atoms with Gasteiger partial charge < -0.3 is 0 Å². The Morgan fingerprint density at radius 2 is 1.50 bits per heavy atom. The molecule has 1 aromatic rings. The quantitative estimate of drug-likeness (QED) is 0.427. The van der Waals surface area contributed by atoms with E-state index in [9.17, 15) is 19.4 Å². The van der Waals surface area contributed by atoms with Crippen LogP contribution in [0.15, 0.2) is 34.2 Å². The molecule has 0 saturated heterocycles. The van der Waals surface area contributed by atoms with E-state index in [0.717, 1.165) is 17.5 Å². The fourth-order valence-corrected chi connectivity index (χ4v) is 1.62. The van der Waals surface area contributed by atoms with Gasteiger partial charge in [-0.05, 0) is 24.3 Å². The largest absolute Gasteiger partial charge is 0.310 e. The van der Waals surface area contributed by atoms with Gasteiger partial charge in [-0.1, -0.05) is 31.6 Å². The average molecular weight is 275 g/mol. The molecule has 0 saturated carbocycles. The van der Waals surface area contributed by atoms with Gasteiger partial charge in [-0.25, -0.2) is 0 Å². The second-order valence-corrected chi connectivity index (χ2v) is 5.56. The molecule has 0 aromatic heterocycles. The van der Waals surface area contributed by atoms with Crippen LogP contribution in [0.1, 0.15) is 0 Å². The topological polar surface area (TPSA) is 12.4 Å². The Bertz CT molecular complexity index is 433. The van der Waals surface area contributed by atoms with Gasteiger partial charge in [0.15, 0.2) is 0 Å². The Morgan fingerprint density at radius 3 is 1.88 bits per heavy atom. The minimum atomic E-state index is -9.57. The summed E-state index contributed by atoms with van der Waals surface area (Å²) in [4.78, 5) is 1.68. The SMILES string of the molecule is FS(F)(F)(F)(F)c1ccc(N=CC=S)cc1. The third kappa shape index (κ3) is 3.53. The molecule has 0 amide bonds. The van der Waals surface area contributed by atoms with E-state index in [1.807, 2.05) is 0 Å². The van der Waals surface area contributed by atoms with Gasteiger partial charge in [0, 0.05) is 11.6 Å². The average Bonchev–Trinajstić information content (AvgIpc) is 2.12. The highest BCUT2D eigenvalue weighted by Gasteiger charge is 2.65. The monoisotopic (exact) mass is 275 g/mol. The molecule has 8 heteroatoms. The van der Waals surface area contributed by atoms with Gasteiger partial charge in [0.05, 0.1) is 5.69 Å². The van der Waals surface area contributed by atoms with Crippen LogP contribution in [-0.2, 0) is 0 Å². The highest BCUT2D eigenvalue weighted by molar-refractivity contribution is 8.45. The molecule has 0 bridgehead atoms. The number of aliphatic imine (C=N–C) groups is 1. The molecule has 0 fully saturated rings. The number of hydrogen-bond acceptors (Lipinski definition) is 2. The van der Waals surface area contributed by atoms with E-state index in [2.05, 4.69) is 17.2 Å². The lowest BCUT2D eigenvalue weighted by Gasteiger charge is -2.40. The van der Waals surface area contributed by atoms with E-state index in [-0.39, 0.29) is 5.69 Å². The zero-order valence-corrected chi connectivity index (χ0v) is 9.25. The van der Waals surface area contributed by atoms with Crippen LogP contribution in [0.2, 0.25) is 0 Å². The maximum absolute atomic E-state index is 12.3. The Hall–Kier alpha value is -1.02. The standard InChI is InChI=1S/C8H6F5NS2/c9-16(10,11,12,13)8-3-1-7(2-4-8)14-5-6-15/h1-6H. The lowest BCUT2D eigenvalue weighted by atomic mass is 10.3. The molecule has 1 rings (SSSR count). The van der Waals surface area contributed by atoms with Crippen LogP contribution in [-0.4, -0.2) is 11.6 Å². The van der Waals surface area contributed by atoms with Crippen molar-refractivity contribution in [1.29, 1.82) is 0 Å². The first-order chi connectivity index (χ1) is 7.03. The number of halogens is 5. The molecule has 0 heterocycles. The number of benzene rings is 1. The summed E-state index contributed by atoms with van der Waals surface area (Å²) in [5.74, 6) is 0. The van der Waals surface area contributed by atoms with Crippen LogP contribution in [0.3, 0.4) is 0 Å². The molecule has 0 spiro atoms. The van der Waals surface area contributed by atoms with Crippen molar-refractivity contribution < 1.29 is 19.4 Å². The first-order valence-electron chi connectivity index (χ1n) is 3.85. The van der Waals surface area contributed by atoms with Crippen LogP contribution in [0.4, 0.5) is 25.1 Å². The van der Waals surface area contributed by atoms with E-state index in [1.165, 1.54) is 6.21 Å². The fraction of sp³-hybridized carbons (Fsp3) is 0. The lowest BCUT2D eigenvalue weighted by molar-refractivity contribution is 0.364. The number of thiocarbonyl (C=S) groups is 1. The molecule has 0 unspecified atom stereocenters. The first kappa shape index (κ1) is 13.0. The van der Waals surface area contributed by atoms with Crippen LogP contribution in [0.25, 0.3) is 0 Å². The predicted molar refractivity (Wildman–Crippen MR) is 59.6 cm³/mol. The van der Waals surface area contributed by atoms with E-state index >= 15 is 0 Å². The molecular formula is C8H6F5NS2. The Labute approximate surface area is 93.7 Å². The minimum absolute atomic E-state index is 0.117. The van der Waals surface area contributed by atoms with E-state index < -0.39 is 15.1 Å². The van der Waals surface area contributed by atoms with Gasteiger partial charge in [-0.2, -0.15) is 0 Å². The first-order valence-corrected chi connectivity index (χ1v) is 6.27. The van der Waals surface area contributed by atoms with Crippen LogP contribution >= 0.6 is 22.4 Å². The maximum atomic E-state index is 12.3. The normalized spacial score (nSPS) is 16.8. The lowest BCUT2D eigenvalue weighted by Crippen LogP contribution is -2.05. The van der Waals surface area contributed by atoms with Crippen molar-refractivity contribution in [3.8, 4) is 0 Å². The molecule has 90 valence electrons. The molecule has 1 aromatic carbocycles. The summed E-state index contributed by atoms with van der Waals surface area (Å²) in [5, 5.41) is 1.15. The second-order valence-electron chi connectivity index (χ2n) is 2.88. The van der Waals surface area contributed by atoms with Crippen molar-refractivity contribution in [2.45, 2.75) is 4.90 Å². The summed E-state index contributed by atoms with van der Waals surface area (Å²) >= 11 is 4.40. The van der Waals surface area contributed by atoms with E-state index in [1.54, 1.807) is 0 Å². The molecule has 1 nitrogen and oxygen atoms in total. The maximum Gasteiger partial charge on any atom is 0.310 e. The third-order valence-electron chi connectivity index (χ3n) is 1.57. The molecule has 0 atom stereocenters. The summed E-state index contributed by atoms with van der Waals surface area (Å²) in [5.41, 5.74) is 0.117. The number of rotatable bonds is 3. The van der Waals surface area contributed by atoms with Crippen molar-refractivity contribution in [2.75, 3.05) is 0 Å². The minimum Gasteiger partial charge on any atom is -0.256 e. The van der Waals surface area contributed by atoms with Gasteiger partial charge in [0.2, 0.25) is 0 Å². The van der Waals surface area contributed by atoms with Gasteiger partial charge in [0.25, 0.3) is 0 Å². The summed E-state index contributed by atoms with van der Waals surface area (Å²) < 4.78 is 61.4. The molecule has 0 aliphatic carbocycles.